The quantitative estimate of drug-likeness (QED) is 0.889. The Morgan fingerprint density at radius 3 is 2.70 bits per heavy atom. The van der Waals surface area contributed by atoms with E-state index in [4.69, 9.17) is 0 Å². The van der Waals surface area contributed by atoms with Crippen molar-refractivity contribution in [3.63, 3.8) is 0 Å². The fourth-order valence-electron chi connectivity index (χ4n) is 2.40. The van der Waals surface area contributed by atoms with Gasteiger partial charge in [-0.3, -0.25) is 4.79 Å². The first-order chi connectivity index (χ1) is 9.76. The number of pyridine rings is 1. The molecule has 1 aromatic rings. The van der Waals surface area contributed by atoms with Crippen LogP contribution in [0.15, 0.2) is 18.3 Å². The molecule has 1 aliphatic rings. The molecule has 5 heteroatoms. The number of carbonyl (C=O) groups is 1. The van der Waals surface area contributed by atoms with E-state index in [1.807, 2.05) is 17.0 Å². The van der Waals surface area contributed by atoms with Crippen LogP contribution in [0.3, 0.4) is 0 Å². The Hall–Kier alpha value is -1.62. The monoisotopic (exact) mass is 276 g/mol. The van der Waals surface area contributed by atoms with Crippen molar-refractivity contribution in [3.8, 4) is 0 Å². The van der Waals surface area contributed by atoms with Gasteiger partial charge in [0.15, 0.2) is 0 Å². The molecule has 1 fully saturated rings. The van der Waals surface area contributed by atoms with Gasteiger partial charge in [-0.05, 0) is 25.1 Å². The zero-order chi connectivity index (χ0) is 14.4. The van der Waals surface area contributed by atoms with Gasteiger partial charge in [0.1, 0.15) is 5.82 Å². The van der Waals surface area contributed by atoms with Gasteiger partial charge >= 0.3 is 0 Å². The van der Waals surface area contributed by atoms with Crippen LogP contribution in [-0.2, 0) is 0 Å². The van der Waals surface area contributed by atoms with Gasteiger partial charge in [-0.15, -0.1) is 0 Å². The number of piperazine rings is 1. The highest BCUT2D eigenvalue weighted by Gasteiger charge is 2.23. The van der Waals surface area contributed by atoms with Crippen molar-refractivity contribution in [1.29, 1.82) is 0 Å². The van der Waals surface area contributed by atoms with Crippen molar-refractivity contribution in [3.05, 3.63) is 23.9 Å². The molecule has 1 N–H and O–H groups in total. The summed E-state index contributed by atoms with van der Waals surface area (Å²) in [5.41, 5.74) is 0.686. The summed E-state index contributed by atoms with van der Waals surface area (Å²) in [7, 11) is 0. The summed E-state index contributed by atoms with van der Waals surface area (Å²) in [6.45, 7) is 9.66. The first-order valence-electron chi connectivity index (χ1n) is 7.46. The molecule has 0 saturated carbocycles. The molecular weight excluding hydrogens is 252 g/mol. The van der Waals surface area contributed by atoms with Gasteiger partial charge in [-0.1, -0.05) is 13.8 Å². The number of aromatic nitrogens is 1. The number of carbonyl (C=O) groups excluding carboxylic acids is 1. The molecule has 1 saturated heterocycles. The molecule has 0 unspecified atom stereocenters. The Balaban J connectivity index is 2.05. The Labute approximate surface area is 121 Å². The number of anilines is 1. The highest BCUT2D eigenvalue weighted by Crippen LogP contribution is 2.15. The maximum Gasteiger partial charge on any atom is 0.257 e. The predicted octanol–water partition coefficient (Wildman–Crippen LogP) is 1.68. The van der Waals surface area contributed by atoms with E-state index < -0.39 is 0 Å². The number of rotatable bonds is 5. The lowest BCUT2D eigenvalue weighted by molar-refractivity contribution is 0.0644. The van der Waals surface area contributed by atoms with Crippen LogP contribution in [0, 0.1) is 0 Å². The van der Waals surface area contributed by atoms with Crippen LogP contribution in [-0.4, -0.2) is 60.0 Å². The molecule has 0 aromatic carbocycles. The largest absolute Gasteiger partial charge is 0.369 e. The Bertz CT molecular complexity index is 441. The van der Waals surface area contributed by atoms with Gasteiger partial charge in [-0.25, -0.2) is 4.98 Å². The number of amides is 1. The van der Waals surface area contributed by atoms with Crippen molar-refractivity contribution in [2.45, 2.75) is 20.3 Å². The predicted molar refractivity (Wildman–Crippen MR) is 81.0 cm³/mol. The molecule has 0 atom stereocenters. The van der Waals surface area contributed by atoms with Crippen LogP contribution in [0.25, 0.3) is 0 Å². The standard InChI is InChI=1S/C15H24N4O/c1-3-7-16-14-13(6-5-8-17-14)15(20)19-11-9-18(4-2)10-12-19/h5-6,8H,3-4,7,9-12H2,1-2H3,(H,16,17). The SMILES string of the molecule is CCCNc1ncccc1C(=O)N1CCN(CC)CC1. The normalized spacial score (nSPS) is 16.2. The topological polar surface area (TPSA) is 48.5 Å². The van der Waals surface area contributed by atoms with Crippen LogP contribution >= 0.6 is 0 Å². The van der Waals surface area contributed by atoms with Crippen molar-refractivity contribution in [2.24, 2.45) is 0 Å². The van der Waals surface area contributed by atoms with Crippen LogP contribution in [0.2, 0.25) is 0 Å². The summed E-state index contributed by atoms with van der Waals surface area (Å²) in [5, 5.41) is 3.23. The maximum atomic E-state index is 12.6. The first-order valence-corrected chi connectivity index (χ1v) is 7.46. The molecule has 1 aliphatic heterocycles. The number of likely N-dealkylation sites (N-methyl/N-ethyl adjacent to an activating group) is 1. The Morgan fingerprint density at radius 2 is 2.05 bits per heavy atom. The number of hydrogen-bond donors (Lipinski definition) is 1. The minimum atomic E-state index is 0.0902. The van der Waals surface area contributed by atoms with E-state index in [0.29, 0.717) is 11.4 Å². The lowest BCUT2D eigenvalue weighted by Gasteiger charge is -2.34. The molecule has 20 heavy (non-hydrogen) atoms. The van der Waals surface area contributed by atoms with Crippen LogP contribution in [0.5, 0.6) is 0 Å². The van der Waals surface area contributed by atoms with Crippen LogP contribution in [0.4, 0.5) is 5.82 Å². The first kappa shape index (κ1) is 14.8. The summed E-state index contributed by atoms with van der Waals surface area (Å²) in [6.07, 6.45) is 2.74. The average Bonchev–Trinajstić information content (AvgIpc) is 2.52. The molecule has 110 valence electrons. The van der Waals surface area contributed by atoms with Gasteiger partial charge < -0.3 is 15.1 Å². The van der Waals surface area contributed by atoms with Gasteiger partial charge in [0.05, 0.1) is 5.56 Å². The molecule has 2 rings (SSSR count). The summed E-state index contributed by atoms with van der Waals surface area (Å²) in [6, 6.07) is 3.69. The second-order valence-electron chi connectivity index (χ2n) is 5.05. The van der Waals surface area contributed by atoms with Crippen molar-refractivity contribution in [1.82, 2.24) is 14.8 Å². The number of nitrogens with one attached hydrogen (secondary N) is 1. The second-order valence-corrected chi connectivity index (χ2v) is 5.05. The molecule has 2 heterocycles. The smallest absolute Gasteiger partial charge is 0.257 e. The summed E-state index contributed by atoms with van der Waals surface area (Å²) >= 11 is 0. The molecule has 5 nitrogen and oxygen atoms in total. The molecule has 0 bridgehead atoms. The number of hydrogen-bond acceptors (Lipinski definition) is 4. The number of nitrogens with zero attached hydrogens (tertiary/aromatic N) is 3. The van der Waals surface area contributed by atoms with Gasteiger partial charge in [0, 0.05) is 38.9 Å². The van der Waals surface area contributed by atoms with Crippen LogP contribution in [0.1, 0.15) is 30.6 Å². The third-order valence-corrected chi connectivity index (χ3v) is 3.69. The second kappa shape index (κ2) is 7.24. The molecule has 0 spiro atoms. The zero-order valence-electron chi connectivity index (χ0n) is 12.4. The van der Waals surface area contributed by atoms with Gasteiger partial charge in [0.2, 0.25) is 0 Å². The minimum Gasteiger partial charge on any atom is -0.369 e. The third kappa shape index (κ3) is 3.48. The van der Waals surface area contributed by atoms with E-state index >= 15 is 0 Å². The third-order valence-electron chi connectivity index (χ3n) is 3.69. The highest BCUT2D eigenvalue weighted by molar-refractivity contribution is 5.98. The van der Waals surface area contributed by atoms with E-state index in [2.05, 4.69) is 29.0 Å². The summed E-state index contributed by atoms with van der Waals surface area (Å²) in [4.78, 5) is 21.2. The Morgan fingerprint density at radius 1 is 1.30 bits per heavy atom. The van der Waals surface area contributed by atoms with Crippen molar-refractivity contribution < 1.29 is 4.79 Å². The lowest BCUT2D eigenvalue weighted by atomic mass is 10.2. The van der Waals surface area contributed by atoms with Crippen LogP contribution < -0.4 is 5.32 Å². The lowest BCUT2D eigenvalue weighted by Crippen LogP contribution is -2.48. The molecule has 1 aromatic heterocycles. The Kier molecular flexibility index (Phi) is 5.35. The van der Waals surface area contributed by atoms with E-state index in [1.165, 1.54) is 0 Å². The fraction of sp³-hybridized carbons (Fsp3) is 0.600. The molecular formula is C15H24N4O. The summed E-state index contributed by atoms with van der Waals surface area (Å²) < 4.78 is 0. The van der Waals surface area contributed by atoms with Crippen molar-refractivity contribution in [2.75, 3.05) is 44.6 Å². The highest BCUT2D eigenvalue weighted by atomic mass is 16.2. The zero-order valence-corrected chi connectivity index (χ0v) is 12.4. The molecule has 0 aliphatic carbocycles. The van der Waals surface area contributed by atoms with E-state index in [-0.39, 0.29) is 5.91 Å². The van der Waals surface area contributed by atoms with E-state index in [1.54, 1.807) is 6.20 Å². The molecule has 1 amide bonds. The minimum absolute atomic E-state index is 0.0902. The average molecular weight is 276 g/mol. The van der Waals surface area contributed by atoms with Crippen molar-refractivity contribution >= 4 is 11.7 Å². The van der Waals surface area contributed by atoms with E-state index in [0.717, 1.165) is 45.7 Å². The fourth-order valence-corrected chi connectivity index (χ4v) is 2.40. The van der Waals surface area contributed by atoms with Gasteiger partial charge in [0.25, 0.3) is 5.91 Å². The van der Waals surface area contributed by atoms with E-state index in [9.17, 15) is 4.79 Å². The maximum absolute atomic E-state index is 12.6. The summed E-state index contributed by atoms with van der Waals surface area (Å²) in [5.74, 6) is 0.796. The molecule has 0 radical (unpaired) electrons. The van der Waals surface area contributed by atoms with Gasteiger partial charge in [-0.2, -0.15) is 0 Å².